The number of hydrogen-bond acceptors (Lipinski definition) is 4. The highest BCUT2D eigenvalue weighted by Gasteiger charge is 2.23. The molecule has 0 aromatic carbocycles. The lowest BCUT2D eigenvalue weighted by molar-refractivity contribution is 0.160. The molecular formula is C11H10BrNOS2. The SMILES string of the molecule is OC1CCCc2nc(-c3cc(Br)cs3)sc21. The molecule has 0 bridgehead atoms. The summed E-state index contributed by atoms with van der Waals surface area (Å²) in [4.78, 5) is 6.89. The molecule has 1 N–H and O–H groups in total. The Kier molecular flexibility index (Phi) is 2.87. The van der Waals surface area contributed by atoms with Crippen LogP contribution in [-0.2, 0) is 6.42 Å². The maximum absolute atomic E-state index is 9.89. The molecule has 16 heavy (non-hydrogen) atoms. The van der Waals surface area contributed by atoms with Crippen LogP contribution >= 0.6 is 38.6 Å². The Hall–Kier alpha value is -0.230. The summed E-state index contributed by atoms with van der Waals surface area (Å²) in [5.41, 5.74) is 1.10. The predicted molar refractivity (Wildman–Crippen MR) is 71.0 cm³/mol. The lowest BCUT2D eigenvalue weighted by Gasteiger charge is -2.14. The Labute approximate surface area is 110 Å². The number of rotatable bonds is 1. The van der Waals surface area contributed by atoms with Gasteiger partial charge >= 0.3 is 0 Å². The number of thiophene rings is 1. The number of thiazole rings is 1. The summed E-state index contributed by atoms with van der Waals surface area (Å²) in [6, 6.07) is 2.08. The fourth-order valence-electron chi connectivity index (χ4n) is 1.93. The largest absolute Gasteiger partial charge is 0.388 e. The van der Waals surface area contributed by atoms with E-state index in [2.05, 4.69) is 32.4 Å². The van der Waals surface area contributed by atoms with E-state index in [4.69, 9.17) is 0 Å². The quantitative estimate of drug-likeness (QED) is 0.862. The van der Waals surface area contributed by atoms with Crippen LogP contribution in [0.4, 0.5) is 0 Å². The molecule has 1 aliphatic rings. The van der Waals surface area contributed by atoms with Crippen molar-refractivity contribution in [3.63, 3.8) is 0 Å². The summed E-state index contributed by atoms with van der Waals surface area (Å²) in [5, 5.41) is 13.0. The zero-order valence-corrected chi connectivity index (χ0v) is 11.7. The molecule has 84 valence electrons. The van der Waals surface area contributed by atoms with Gasteiger partial charge in [-0.25, -0.2) is 4.98 Å². The second kappa shape index (κ2) is 4.22. The normalized spacial score (nSPS) is 19.8. The Morgan fingerprint density at radius 1 is 1.50 bits per heavy atom. The maximum atomic E-state index is 9.89. The van der Waals surface area contributed by atoms with Gasteiger partial charge in [-0.15, -0.1) is 22.7 Å². The van der Waals surface area contributed by atoms with Crippen molar-refractivity contribution in [3.8, 4) is 9.88 Å². The minimum absolute atomic E-state index is 0.293. The van der Waals surface area contributed by atoms with Gasteiger partial charge < -0.3 is 5.11 Å². The second-order valence-corrected chi connectivity index (χ2v) is 6.72. The molecule has 3 rings (SSSR count). The molecule has 1 unspecified atom stereocenters. The zero-order chi connectivity index (χ0) is 11.1. The topological polar surface area (TPSA) is 33.1 Å². The van der Waals surface area contributed by atoms with E-state index in [1.807, 2.05) is 0 Å². The number of halogens is 1. The summed E-state index contributed by atoms with van der Waals surface area (Å²) in [7, 11) is 0. The Morgan fingerprint density at radius 2 is 2.38 bits per heavy atom. The first-order valence-electron chi connectivity index (χ1n) is 5.16. The number of aliphatic hydroxyl groups is 1. The molecule has 2 aromatic rings. The van der Waals surface area contributed by atoms with Gasteiger partial charge in [-0.05, 0) is 41.3 Å². The van der Waals surface area contributed by atoms with Gasteiger partial charge in [0.05, 0.1) is 21.6 Å². The molecule has 5 heteroatoms. The second-order valence-electron chi connectivity index (χ2n) is 3.87. The minimum Gasteiger partial charge on any atom is -0.388 e. The number of aliphatic hydroxyl groups excluding tert-OH is 1. The van der Waals surface area contributed by atoms with Crippen LogP contribution in [0.15, 0.2) is 15.9 Å². The van der Waals surface area contributed by atoms with Gasteiger partial charge in [-0.3, -0.25) is 0 Å². The van der Waals surface area contributed by atoms with E-state index >= 15 is 0 Å². The molecule has 2 heterocycles. The summed E-state index contributed by atoms with van der Waals surface area (Å²) in [5.74, 6) is 0. The fraction of sp³-hybridized carbons (Fsp3) is 0.364. The Balaban J connectivity index is 2.04. The molecule has 0 saturated carbocycles. The van der Waals surface area contributed by atoms with Gasteiger partial charge in [0.15, 0.2) is 0 Å². The third-order valence-corrected chi connectivity index (χ3v) is 5.76. The summed E-state index contributed by atoms with van der Waals surface area (Å²) in [6.45, 7) is 0. The third-order valence-electron chi connectivity index (χ3n) is 2.70. The zero-order valence-electron chi connectivity index (χ0n) is 8.44. The number of nitrogens with zero attached hydrogens (tertiary/aromatic N) is 1. The molecule has 0 aliphatic heterocycles. The molecule has 0 amide bonds. The average Bonchev–Trinajstić information content (AvgIpc) is 2.84. The van der Waals surface area contributed by atoms with Gasteiger partial charge in [-0.2, -0.15) is 0 Å². The highest BCUT2D eigenvalue weighted by Crippen LogP contribution is 2.40. The molecule has 0 saturated heterocycles. The van der Waals surface area contributed by atoms with Crippen LogP contribution in [0.5, 0.6) is 0 Å². The molecule has 2 nitrogen and oxygen atoms in total. The number of fused-ring (bicyclic) bond motifs is 1. The van der Waals surface area contributed by atoms with Crippen molar-refractivity contribution in [2.45, 2.75) is 25.4 Å². The average molecular weight is 316 g/mol. The van der Waals surface area contributed by atoms with Crippen LogP contribution in [0.2, 0.25) is 0 Å². The molecule has 0 spiro atoms. The van der Waals surface area contributed by atoms with Gasteiger partial charge in [0, 0.05) is 9.85 Å². The third kappa shape index (κ3) is 1.86. The molecule has 1 aliphatic carbocycles. The monoisotopic (exact) mass is 315 g/mol. The van der Waals surface area contributed by atoms with Gasteiger partial charge in [0.2, 0.25) is 0 Å². The Morgan fingerprint density at radius 3 is 3.06 bits per heavy atom. The van der Waals surface area contributed by atoms with E-state index in [9.17, 15) is 5.11 Å². The summed E-state index contributed by atoms with van der Waals surface area (Å²) in [6.07, 6.45) is 2.64. The van der Waals surface area contributed by atoms with Crippen LogP contribution in [0.1, 0.15) is 29.5 Å². The molecular weight excluding hydrogens is 306 g/mol. The predicted octanol–water partition coefficient (Wildman–Crippen LogP) is 4.00. The first-order chi connectivity index (χ1) is 7.74. The van der Waals surface area contributed by atoms with Crippen molar-refractivity contribution in [1.29, 1.82) is 0 Å². The van der Waals surface area contributed by atoms with Crippen molar-refractivity contribution in [2.75, 3.05) is 0 Å². The molecule has 1 atom stereocenters. The fourth-order valence-corrected chi connectivity index (χ4v) is 4.55. The van der Waals surface area contributed by atoms with E-state index in [1.165, 1.54) is 4.88 Å². The number of hydrogen-bond donors (Lipinski definition) is 1. The highest BCUT2D eigenvalue weighted by molar-refractivity contribution is 9.10. The first kappa shape index (κ1) is 10.9. The lowest BCUT2D eigenvalue weighted by Crippen LogP contribution is -2.06. The Bertz CT molecular complexity index is 520. The lowest BCUT2D eigenvalue weighted by atomic mass is 10.0. The minimum atomic E-state index is -0.293. The van der Waals surface area contributed by atoms with Crippen molar-refractivity contribution in [3.05, 3.63) is 26.5 Å². The maximum Gasteiger partial charge on any atom is 0.134 e. The summed E-state index contributed by atoms with van der Waals surface area (Å²) >= 11 is 6.78. The number of aryl methyl sites for hydroxylation is 1. The van der Waals surface area contributed by atoms with Gasteiger partial charge in [0.25, 0.3) is 0 Å². The number of aromatic nitrogens is 1. The van der Waals surface area contributed by atoms with E-state index < -0.39 is 0 Å². The van der Waals surface area contributed by atoms with Crippen LogP contribution in [0.3, 0.4) is 0 Å². The molecule has 0 fully saturated rings. The standard InChI is InChI=1S/C11H10BrNOS2/c12-6-4-9(15-5-6)11-13-7-2-1-3-8(14)10(7)16-11/h4-5,8,14H,1-3H2. The van der Waals surface area contributed by atoms with Gasteiger partial charge in [0.1, 0.15) is 5.01 Å². The van der Waals surface area contributed by atoms with Crippen LogP contribution in [0.25, 0.3) is 9.88 Å². The van der Waals surface area contributed by atoms with E-state index in [0.29, 0.717) is 0 Å². The highest BCUT2D eigenvalue weighted by atomic mass is 79.9. The first-order valence-corrected chi connectivity index (χ1v) is 7.65. The van der Waals surface area contributed by atoms with E-state index in [0.717, 1.165) is 39.3 Å². The van der Waals surface area contributed by atoms with Crippen molar-refractivity contribution >= 4 is 38.6 Å². The molecule has 2 aromatic heterocycles. The van der Waals surface area contributed by atoms with E-state index in [-0.39, 0.29) is 6.10 Å². The van der Waals surface area contributed by atoms with E-state index in [1.54, 1.807) is 22.7 Å². The van der Waals surface area contributed by atoms with Crippen LogP contribution in [0, 0.1) is 0 Å². The van der Waals surface area contributed by atoms with Gasteiger partial charge in [-0.1, -0.05) is 0 Å². The van der Waals surface area contributed by atoms with Crippen LogP contribution < -0.4 is 0 Å². The smallest absolute Gasteiger partial charge is 0.134 e. The van der Waals surface area contributed by atoms with Crippen LogP contribution in [-0.4, -0.2) is 10.1 Å². The summed E-state index contributed by atoms with van der Waals surface area (Å²) < 4.78 is 1.10. The van der Waals surface area contributed by atoms with Crippen molar-refractivity contribution in [2.24, 2.45) is 0 Å². The molecule has 0 radical (unpaired) electrons. The van der Waals surface area contributed by atoms with Crippen molar-refractivity contribution in [1.82, 2.24) is 4.98 Å². The van der Waals surface area contributed by atoms with Crippen molar-refractivity contribution < 1.29 is 5.11 Å².